The zero-order valence-corrected chi connectivity index (χ0v) is 13.2. The maximum absolute atomic E-state index is 12.3. The van der Waals surface area contributed by atoms with Gasteiger partial charge >= 0.3 is 0 Å². The number of hydrogen-bond acceptors (Lipinski definition) is 3. The first-order chi connectivity index (χ1) is 8.97. The number of benzene rings is 1. The fourth-order valence-corrected chi connectivity index (χ4v) is 3.25. The molecule has 0 aliphatic carbocycles. The Kier molecular flexibility index (Phi) is 4.27. The van der Waals surface area contributed by atoms with E-state index < -0.39 is 0 Å². The number of nitrogens with two attached hydrogens (primary N) is 1. The zero-order valence-electron chi connectivity index (χ0n) is 10.8. The van der Waals surface area contributed by atoms with Crippen molar-refractivity contribution in [3.8, 4) is 0 Å². The highest BCUT2D eigenvalue weighted by Crippen LogP contribution is 2.28. The number of hydrogen-bond donors (Lipinski definition) is 1. The maximum atomic E-state index is 12.3. The third-order valence-electron chi connectivity index (χ3n) is 2.81. The fraction of sp³-hybridized carbons (Fsp3) is 0.214. The predicted molar refractivity (Wildman–Crippen MR) is 83.4 cm³/mol. The summed E-state index contributed by atoms with van der Waals surface area (Å²) in [4.78, 5) is 14.7. The van der Waals surface area contributed by atoms with Gasteiger partial charge in [0, 0.05) is 19.3 Å². The van der Waals surface area contributed by atoms with Crippen LogP contribution in [0.1, 0.15) is 20.8 Å². The molecule has 0 aliphatic heterocycles. The van der Waals surface area contributed by atoms with Crippen molar-refractivity contribution >= 4 is 38.9 Å². The number of aryl methyl sites for hydroxylation is 1. The minimum absolute atomic E-state index is 0.0376. The monoisotopic (exact) mass is 338 g/mol. The van der Waals surface area contributed by atoms with Gasteiger partial charge in [0.15, 0.2) is 0 Å². The van der Waals surface area contributed by atoms with E-state index in [9.17, 15) is 4.79 Å². The van der Waals surface area contributed by atoms with Crippen LogP contribution in [0.15, 0.2) is 34.1 Å². The molecule has 1 aromatic carbocycles. The van der Waals surface area contributed by atoms with E-state index in [-0.39, 0.29) is 5.91 Å². The van der Waals surface area contributed by atoms with E-state index in [1.165, 1.54) is 11.3 Å². The number of nitrogen functional groups attached to an aromatic ring is 1. The van der Waals surface area contributed by atoms with E-state index in [0.29, 0.717) is 6.54 Å². The first-order valence-electron chi connectivity index (χ1n) is 5.83. The lowest BCUT2D eigenvalue weighted by molar-refractivity contribution is 0.0790. The van der Waals surface area contributed by atoms with Gasteiger partial charge in [-0.3, -0.25) is 4.79 Å². The van der Waals surface area contributed by atoms with Gasteiger partial charge in [0.25, 0.3) is 5.91 Å². The van der Waals surface area contributed by atoms with Crippen LogP contribution in [-0.2, 0) is 6.54 Å². The van der Waals surface area contributed by atoms with Crippen LogP contribution in [0.25, 0.3) is 0 Å². The van der Waals surface area contributed by atoms with Gasteiger partial charge < -0.3 is 10.6 Å². The molecule has 0 aliphatic rings. The molecule has 1 amide bonds. The Morgan fingerprint density at radius 3 is 2.53 bits per heavy atom. The van der Waals surface area contributed by atoms with Crippen molar-refractivity contribution in [3.63, 3.8) is 0 Å². The summed E-state index contributed by atoms with van der Waals surface area (Å²) in [6.45, 7) is 2.56. The molecule has 100 valence electrons. The molecule has 0 unspecified atom stereocenters. The molecular weight excluding hydrogens is 324 g/mol. The molecule has 1 heterocycles. The minimum atomic E-state index is 0.0376. The molecule has 3 nitrogen and oxygen atoms in total. The second-order valence-corrected chi connectivity index (χ2v) is 6.84. The Morgan fingerprint density at radius 2 is 2.00 bits per heavy atom. The Bertz CT molecular complexity index is 572. The van der Waals surface area contributed by atoms with Crippen LogP contribution in [0.5, 0.6) is 0 Å². The molecule has 0 atom stereocenters. The minimum Gasteiger partial charge on any atom is -0.399 e. The molecule has 19 heavy (non-hydrogen) atoms. The Labute approximate surface area is 125 Å². The molecule has 0 fully saturated rings. The third kappa shape index (κ3) is 3.36. The highest BCUT2D eigenvalue weighted by Gasteiger charge is 2.15. The zero-order chi connectivity index (χ0) is 14.0. The second-order valence-electron chi connectivity index (χ2n) is 4.47. The van der Waals surface area contributed by atoms with Crippen molar-refractivity contribution in [3.05, 3.63) is 50.1 Å². The van der Waals surface area contributed by atoms with Crippen molar-refractivity contribution < 1.29 is 4.79 Å². The molecule has 2 aromatic rings. The van der Waals surface area contributed by atoms with Crippen molar-refractivity contribution in [1.29, 1.82) is 0 Å². The van der Waals surface area contributed by atoms with Crippen LogP contribution in [0.2, 0.25) is 0 Å². The Morgan fingerprint density at radius 1 is 1.37 bits per heavy atom. The van der Waals surface area contributed by atoms with E-state index in [1.54, 1.807) is 4.90 Å². The van der Waals surface area contributed by atoms with Crippen molar-refractivity contribution in [2.24, 2.45) is 0 Å². The van der Waals surface area contributed by atoms with Crippen molar-refractivity contribution in [1.82, 2.24) is 4.90 Å². The molecule has 0 spiro atoms. The number of rotatable bonds is 3. The number of anilines is 1. The number of carbonyl (C=O) groups is 1. The fourth-order valence-electron chi connectivity index (χ4n) is 1.72. The summed E-state index contributed by atoms with van der Waals surface area (Å²) in [7, 11) is 1.81. The molecule has 0 radical (unpaired) electrons. The van der Waals surface area contributed by atoms with E-state index >= 15 is 0 Å². The topological polar surface area (TPSA) is 46.3 Å². The Balaban J connectivity index is 2.09. The van der Waals surface area contributed by atoms with Crippen LogP contribution in [0, 0.1) is 6.92 Å². The van der Waals surface area contributed by atoms with Gasteiger partial charge in [0.1, 0.15) is 0 Å². The van der Waals surface area contributed by atoms with Crippen LogP contribution in [-0.4, -0.2) is 17.9 Å². The smallest absolute Gasteiger partial charge is 0.264 e. The van der Waals surface area contributed by atoms with Gasteiger partial charge in [0.05, 0.1) is 8.66 Å². The summed E-state index contributed by atoms with van der Waals surface area (Å²) < 4.78 is 1.01. The van der Waals surface area contributed by atoms with Crippen LogP contribution < -0.4 is 5.73 Å². The third-order valence-corrected chi connectivity index (χ3v) is 4.94. The second kappa shape index (κ2) is 5.75. The Hall–Kier alpha value is -1.33. The average Bonchev–Trinajstić information content (AvgIpc) is 2.71. The first-order valence-corrected chi connectivity index (χ1v) is 7.44. The largest absolute Gasteiger partial charge is 0.399 e. The summed E-state index contributed by atoms with van der Waals surface area (Å²) in [5.41, 5.74) is 8.53. The average molecular weight is 339 g/mol. The number of nitrogens with zero attached hydrogens (tertiary/aromatic N) is 1. The quantitative estimate of drug-likeness (QED) is 0.868. The molecule has 1 aromatic heterocycles. The predicted octanol–water partition coefficient (Wildman–Crippen LogP) is 3.67. The van der Waals surface area contributed by atoms with Gasteiger partial charge in [-0.05, 0) is 52.2 Å². The molecule has 0 saturated heterocycles. The van der Waals surface area contributed by atoms with Crippen LogP contribution >= 0.6 is 27.3 Å². The molecule has 0 bridgehead atoms. The van der Waals surface area contributed by atoms with Crippen molar-refractivity contribution in [2.45, 2.75) is 13.5 Å². The van der Waals surface area contributed by atoms with E-state index in [2.05, 4.69) is 15.9 Å². The highest BCUT2D eigenvalue weighted by molar-refractivity contribution is 9.11. The van der Waals surface area contributed by atoms with Gasteiger partial charge in [-0.15, -0.1) is 11.3 Å². The van der Waals surface area contributed by atoms with E-state index in [1.807, 2.05) is 44.3 Å². The number of thiophene rings is 1. The number of halogens is 1. The summed E-state index contributed by atoms with van der Waals surface area (Å²) >= 11 is 4.91. The molecule has 2 N–H and O–H groups in total. The molecule has 5 heteroatoms. The van der Waals surface area contributed by atoms with Crippen LogP contribution in [0.4, 0.5) is 5.69 Å². The highest BCUT2D eigenvalue weighted by atomic mass is 79.9. The standard InChI is InChI=1S/C14H15BrN2OS/c1-9-7-12(19-13(9)15)14(18)17(2)8-10-3-5-11(16)6-4-10/h3-7H,8,16H2,1-2H3. The summed E-state index contributed by atoms with van der Waals surface area (Å²) in [5, 5.41) is 0. The lowest BCUT2D eigenvalue weighted by atomic mass is 10.2. The SMILES string of the molecule is Cc1cc(C(=O)N(C)Cc2ccc(N)cc2)sc1Br. The van der Waals surface area contributed by atoms with E-state index in [4.69, 9.17) is 5.73 Å². The van der Waals surface area contributed by atoms with Gasteiger partial charge in [0.2, 0.25) is 0 Å². The first kappa shape index (κ1) is 14.1. The van der Waals surface area contributed by atoms with Gasteiger partial charge in [-0.1, -0.05) is 12.1 Å². The van der Waals surface area contributed by atoms with E-state index in [0.717, 1.165) is 25.5 Å². The lowest BCUT2D eigenvalue weighted by Gasteiger charge is -2.16. The van der Waals surface area contributed by atoms with Gasteiger partial charge in [-0.2, -0.15) is 0 Å². The van der Waals surface area contributed by atoms with Crippen LogP contribution in [0.3, 0.4) is 0 Å². The summed E-state index contributed by atoms with van der Waals surface area (Å²) in [6, 6.07) is 9.49. The normalized spacial score (nSPS) is 10.5. The maximum Gasteiger partial charge on any atom is 0.264 e. The number of amides is 1. The van der Waals surface area contributed by atoms with Gasteiger partial charge in [-0.25, -0.2) is 0 Å². The number of carbonyl (C=O) groups excluding carboxylic acids is 1. The van der Waals surface area contributed by atoms with Crippen molar-refractivity contribution in [2.75, 3.05) is 12.8 Å². The molecule has 0 saturated carbocycles. The molecule has 2 rings (SSSR count). The summed E-state index contributed by atoms with van der Waals surface area (Å²) in [6.07, 6.45) is 0. The lowest BCUT2D eigenvalue weighted by Crippen LogP contribution is -2.25. The molecular formula is C14H15BrN2OS. The summed E-state index contributed by atoms with van der Waals surface area (Å²) in [5.74, 6) is 0.0376.